The van der Waals surface area contributed by atoms with Crippen molar-refractivity contribution in [1.82, 2.24) is 10.2 Å². The molecule has 0 spiro atoms. The van der Waals surface area contributed by atoms with Crippen LogP contribution in [-0.4, -0.2) is 60.4 Å². The first-order chi connectivity index (χ1) is 12.5. The van der Waals surface area contributed by atoms with Gasteiger partial charge in [0.1, 0.15) is 11.3 Å². The lowest BCUT2D eigenvalue weighted by Crippen LogP contribution is -2.77. The van der Waals surface area contributed by atoms with E-state index in [4.69, 9.17) is 5.73 Å². The van der Waals surface area contributed by atoms with Gasteiger partial charge < -0.3 is 26.4 Å². The monoisotopic (exact) mass is 395 g/mol. The van der Waals surface area contributed by atoms with Crippen molar-refractivity contribution in [1.29, 1.82) is 0 Å². The number of fused-ring (bicyclic) bond motifs is 1. The van der Waals surface area contributed by atoms with Crippen molar-refractivity contribution < 1.29 is 29.7 Å². The number of phenols is 1. The third-order valence-corrected chi connectivity index (χ3v) is 6.74. The molecule has 10 heteroatoms. The number of nitrogens with two attached hydrogens (primary N) is 1. The first-order valence-corrected chi connectivity index (χ1v) is 9.13. The van der Waals surface area contributed by atoms with Gasteiger partial charge in [-0.05, 0) is 31.5 Å². The van der Waals surface area contributed by atoms with Gasteiger partial charge in [0.15, 0.2) is 0 Å². The van der Waals surface area contributed by atoms with Crippen LogP contribution in [0.1, 0.15) is 25.8 Å². The molecule has 0 aromatic heterocycles. The molecule has 3 atom stereocenters. The molecule has 3 rings (SSSR count). The van der Waals surface area contributed by atoms with E-state index in [1.54, 1.807) is 13.8 Å². The number of carboxylic acid groups (broad SMARTS) is 1. The number of benzene rings is 1. The third kappa shape index (κ3) is 2.59. The number of hydrogen-bond acceptors (Lipinski definition) is 7. The van der Waals surface area contributed by atoms with Crippen LogP contribution >= 0.6 is 11.8 Å². The zero-order valence-corrected chi connectivity index (χ0v) is 15.6. The maximum absolute atomic E-state index is 13.0. The quantitative estimate of drug-likeness (QED) is 0.419. The molecule has 1 aromatic rings. The maximum Gasteiger partial charge on any atom is 0.352 e. The zero-order chi connectivity index (χ0) is 20.2. The van der Waals surface area contributed by atoms with Crippen LogP contribution in [0.5, 0.6) is 5.75 Å². The number of nitrogens with zero attached hydrogens (tertiary/aromatic N) is 1. The Morgan fingerprint density at radius 3 is 2.44 bits per heavy atom. The summed E-state index contributed by atoms with van der Waals surface area (Å²) in [7, 11) is 0. The molecular weight excluding hydrogens is 374 g/mol. The van der Waals surface area contributed by atoms with Gasteiger partial charge in [0.2, 0.25) is 17.5 Å². The summed E-state index contributed by atoms with van der Waals surface area (Å²) < 4.78 is -1.03. The van der Waals surface area contributed by atoms with Crippen LogP contribution in [0, 0.1) is 0 Å². The minimum atomic E-state index is -1.99. The number of amides is 2. The molecule has 146 valence electrons. The SMILES string of the molecule is CC1(C)S[C@@H]2CC(=O)N2[C@@]1(NC(=O)C(N)(CO)c1ccc(O)cc1)C(=O)O. The van der Waals surface area contributed by atoms with Crippen LogP contribution < -0.4 is 11.1 Å². The number of carbonyl (C=O) groups excluding carboxylic acids is 2. The maximum atomic E-state index is 13.0. The highest BCUT2D eigenvalue weighted by molar-refractivity contribution is 8.01. The second kappa shape index (κ2) is 6.11. The Bertz CT molecular complexity index is 813. The summed E-state index contributed by atoms with van der Waals surface area (Å²) in [5, 5.41) is 31.3. The molecule has 2 fully saturated rings. The van der Waals surface area contributed by atoms with E-state index in [9.17, 15) is 29.7 Å². The molecule has 0 aliphatic carbocycles. The molecule has 0 saturated carbocycles. The summed E-state index contributed by atoms with van der Waals surface area (Å²) in [4.78, 5) is 38.6. The number of nitrogens with one attached hydrogen (secondary N) is 1. The number of carbonyl (C=O) groups is 3. The summed E-state index contributed by atoms with van der Waals surface area (Å²) in [5.74, 6) is -2.75. The van der Waals surface area contributed by atoms with E-state index in [2.05, 4.69) is 5.32 Å². The van der Waals surface area contributed by atoms with E-state index in [0.717, 1.165) is 4.90 Å². The lowest BCUT2D eigenvalue weighted by Gasteiger charge is -2.47. The van der Waals surface area contributed by atoms with Gasteiger partial charge in [0.05, 0.1) is 23.1 Å². The van der Waals surface area contributed by atoms with E-state index in [1.165, 1.54) is 36.0 Å². The number of carboxylic acids is 1. The van der Waals surface area contributed by atoms with Crippen molar-refractivity contribution in [3.05, 3.63) is 29.8 Å². The molecule has 6 N–H and O–H groups in total. The normalized spacial score (nSPS) is 28.1. The predicted octanol–water partition coefficient (Wildman–Crippen LogP) is -0.481. The number of hydrogen-bond donors (Lipinski definition) is 5. The summed E-state index contributed by atoms with van der Waals surface area (Å²) >= 11 is 1.29. The summed E-state index contributed by atoms with van der Waals surface area (Å²) in [6.45, 7) is 2.47. The number of aliphatic carboxylic acids is 1. The number of rotatable bonds is 5. The van der Waals surface area contributed by atoms with Crippen molar-refractivity contribution in [2.24, 2.45) is 5.73 Å². The number of phenolic OH excluding ortho intramolecular Hbond substituents is 1. The molecule has 9 nitrogen and oxygen atoms in total. The molecule has 2 aliphatic rings. The highest BCUT2D eigenvalue weighted by atomic mass is 32.2. The Morgan fingerprint density at radius 2 is 1.96 bits per heavy atom. The molecule has 0 bridgehead atoms. The summed E-state index contributed by atoms with van der Waals surface area (Å²) in [5.41, 5.74) is 2.36. The Hall–Kier alpha value is -2.30. The number of aliphatic hydroxyl groups is 1. The van der Waals surface area contributed by atoms with E-state index in [1.807, 2.05) is 0 Å². The third-order valence-electron chi connectivity index (χ3n) is 5.21. The lowest BCUT2D eigenvalue weighted by atomic mass is 9.86. The molecular formula is C17H21N3O6S. The number of thioether (sulfide) groups is 1. The molecule has 1 aromatic carbocycles. The van der Waals surface area contributed by atoms with Crippen molar-refractivity contribution in [2.75, 3.05) is 6.61 Å². The molecule has 27 heavy (non-hydrogen) atoms. The zero-order valence-electron chi connectivity index (χ0n) is 14.8. The highest BCUT2D eigenvalue weighted by Gasteiger charge is 2.71. The van der Waals surface area contributed by atoms with Crippen molar-refractivity contribution >= 4 is 29.5 Å². The first kappa shape index (κ1) is 19.5. The van der Waals surface area contributed by atoms with E-state index in [-0.39, 0.29) is 29.0 Å². The van der Waals surface area contributed by atoms with Gasteiger partial charge in [-0.2, -0.15) is 0 Å². The van der Waals surface area contributed by atoms with Gasteiger partial charge in [-0.25, -0.2) is 4.79 Å². The average molecular weight is 395 g/mol. The number of aliphatic hydroxyl groups excluding tert-OH is 1. The molecule has 2 aliphatic heterocycles. The standard InChI is InChI=1S/C17H21N3O6S/c1-15(2)17(14(25)26,20-11(23)7-12(20)27-15)19-13(24)16(18,8-21)9-3-5-10(22)6-4-9/h3-6,12,21-22H,7-8,18H2,1-2H3,(H,19,24)(H,25,26)/t12-,16?,17+/m1/s1. The van der Waals surface area contributed by atoms with E-state index in [0.29, 0.717) is 0 Å². The summed E-state index contributed by atoms with van der Waals surface area (Å²) in [6, 6.07) is 5.34. The molecule has 2 saturated heterocycles. The van der Waals surface area contributed by atoms with Crippen LogP contribution in [0.25, 0.3) is 0 Å². The van der Waals surface area contributed by atoms with Crippen molar-refractivity contribution in [2.45, 2.75) is 41.6 Å². The van der Waals surface area contributed by atoms with Gasteiger partial charge in [0.25, 0.3) is 0 Å². The van der Waals surface area contributed by atoms with Crippen LogP contribution in [0.2, 0.25) is 0 Å². The molecule has 2 amide bonds. The molecule has 1 unspecified atom stereocenters. The average Bonchev–Trinajstić information content (AvgIpc) is 2.77. The second-order valence-corrected chi connectivity index (χ2v) is 9.00. The largest absolute Gasteiger partial charge is 0.508 e. The van der Waals surface area contributed by atoms with Gasteiger partial charge in [-0.3, -0.25) is 14.5 Å². The van der Waals surface area contributed by atoms with E-state index < -0.39 is 34.4 Å². The predicted molar refractivity (Wildman–Crippen MR) is 96.5 cm³/mol. The lowest BCUT2D eigenvalue weighted by molar-refractivity contribution is -0.174. The van der Waals surface area contributed by atoms with Gasteiger partial charge in [-0.1, -0.05) is 12.1 Å². The second-order valence-electron chi connectivity index (χ2n) is 7.20. The minimum Gasteiger partial charge on any atom is -0.508 e. The van der Waals surface area contributed by atoms with Crippen LogP contribution in [0.4, 0.5) is 0 Å². The first-order valence-electron chi connectivity index (χ1n) is 8.25. The fourth-order valence-corrected chi connectivity index (χ4v) is 5.25. The Morgan fingerprint density at radius 1 is 1.37 bits per heavy atom. The van der Waals surface area contributed by atoms with E-state index >= 15 is 0 Å². The minimum absolute atomic E-state index is 0.0520. The van der Waals surface area contributed by atoms with Gasteiger partial charge in [-0.15, -0.1) is 11.8 Å². The Balaban J connectivity index is 2.02. The molecule has 0 radical (unpaired) electrons. The number of aromatic hydroxyl groups is 1. The van der Waals surface area contributed by atoms with Crippen LogP contribution in [0.3, 0.4) is 0 Å². The fourth-order valence-electron chi connectivity index (χ4n) is 3.55. The number of β-lactam (4-membered cyclic amide) rings is 1. The van der Waals surface area contributed by atoms with Crippen molar-refractivity contribution in [3.8, 4) is 5.75 Å². The van der Waals surface area contributed by atoms with Gasteiger partial charge in [0, 0.05) is 0 Å². The fraction of sp³-hybridized carbons (Fsp3) is 0.471. The van der Waals surface area contributed by atoms with Crippen molar-refractivity contribution in [3.63, 3.8) is 0 Å². The Labute approximate surface area is 159 Å². The Kier molecular flexibility index (Phi) is 4.41. The summed E-state index contributed by atoms with van der Waals surface area (Å²) in [6.07, 6.45) is 0.199. The van der Waals surface area contributed by atoms with Crippen LogP contribution in [-0.2, 0) is 19.9 Å². The topological polar surface area (TPSA) is 153 Å². The van der Waals surface area contributed by atoms with Gasteiger partial charge >= 0.3 is 5.97 Å². The highest BCUT2D eigenvalue weighted by Crippen LogP contribution is 2.55. The van der Waals surface area contributed by atoms with Crippen LogP contribution in [0.15, 0.2) is 24.3 Å². The smallest absolute Gasteiger partial charge is 0.352 e. The molecule has 2 heterocycles.